The Labute approximate surface area is 74.4 Å². The molecule has 1 rings (SSSR count). The van der Waals surface area contributed by atoms with Crippen LogP contribution in [-0.2, 0) is 0 Å². The first-order valence-corrected chi connectivity index (χ1v) is 4.34. The molecule has 0 unspecified atom stereocenters. The molecule has 0 fully saturated rings. The van der Waals surface area contributed by atoms with Crippen molar-refractivity contribution in [2.75, 3.05) is 0 Å². The lowest BCUT2D eigenvalue weighted by Crippen LogP contribution is -1.97. The van der Waals surface area contributed by atoms with E-state index in [0.29, 0.717) is 6.42 Å². The van der Waals surface area contributed by atoms with Crippen molar-refractivity contribution in [1.29, 1.82) is 0 Å². The molecule has 0 saturated heterocycles. The molecule has 0 amide bonds. The predicted molar refractivity (Wildman–Crippen MR) is 47.2 cm³/mol. The molecule has 0 aromatic carbocycles. The van der Waals surface area contributed by atoms with E-state index in [1.807, 2.05) is 25.1 Å². The second kappa shape index (κ2) is 3.83. The van der Waals surface area contributed by atoms with E-state index in [0.717, 1.165) is 10.3 Å². The summed E-state index contributed by atoms with van der Waals surface area (Å²) in [6.07, 6.45) is 0.260. The highest BCUT2D eigenvalue weighted by molar-refractivity contribution is 9.10. The Kier molecular flexibility index (Phi) is 3.02. The Morgan fingerprint density at radius 3 is 2.91 bits per heavy atom. The zero-order valence-corrected chi connectivity index (χ0v) is 7.87. The predicted octanol–water partition coefficient (Wildman–Crippen LogP) is 2.29. The van der Waals surface area contributed by atoms with Crippen LogP contribution in [0.25, 0.3) is 0 Å². The number of hydrogen-bond acceptors (Lipinski definition) is 2. The number of nitrogens with zero attached hydrogens (tertiary/aromatic N) is 1. The summed E-state index contributed by atoms with van der Waals surface area (Å²) in [6.45, 7) is 1.92. The van der Waals surface area contributed by atoms with Crippen LogP contribution in [-0.4, -0.2) is 10.1 Å². The molecule has 1 N–H and O–H groups in total. The Bertz CT molecular complexity index is 239. The third-order valence-corrected chi connectivity index (χ3v) is 1.91. The highest BCUT2D eigenvalue weighted by Crippen LogP contribution is 2.15. The molecule has 60 valence electrons. The van der Waals surface area contributed by atoms with Crippen LogP contribution in [0.5, 0.6) is 0 Å². The van der Waals surface area contributed by atoms with Gasteiger partial charge < -0.3 is 5.11 Å². The van der Waals surface area contributed by atoms with Crippen molar-refractivity contribution in [3.63, 3.8) is 0 Å². The van der Waals surface area contributed by atoms with Gasteiger partial charge in [0.2, 0.25) is 0 Å². The Morgan fingerprint density at radius 2 is 2.36 bits per heavy atom. The first-order chi connectivity index (χ1) is 5.24. The second-order valence-electron chi connectivity index (χ2n) is 2.31. The van der Waals surface area contributed by atoms with E-state index in [2.05, 4.69) is 20.9 Å². The van der Waals surface area contributed by atoms with Gasteiger partial charge in [0.05, 0.1) is 11.8 Å². The smallest absolute Gasteiger partial charge is 0.106 e. The summed E-state index contributed by atoms with van der Waals surface area (Å²) < 4.78 is 0.766. The summed E-state index contributed by atoms with van der Waals surface area (Å²) >= 11 is 3.24. The van der Waals surface area contributed by atoms with Crippen LogP contribution in [0.3, 0.4) is 0 Å². The number of aliphatic hydroxyl groups is 1. The van der Waals surface area contributed by atoms with E-state index in [4.69, 9.17) is 0 Å². The molecule has 1 aromatic rings. The average Bonchev–Trinajstić information content (AvgIpc) is 2.03. The van der Waals surface area contributed by atoms with Crippen molar-refractivity contribution in [1.82, 2.24) is 4.98 Å². The lowest BCUT2D eigenvalue weighted by molar-refractivity contribution is 0.168. The van der Waals surface area contributed by atoms with Gasteiger partial charge in [0.15, 0.2) is 0 Å². The van der Waals surface area contributed by atoms with Crippen LogP contribution in [0.15, 0.2) is 22.8 Å². The zero-order chi connectivity index (χ0) is 8.27. The maximum Gasteiger partial charge on any atom is 0.106 e. The monoisotopic (exact) mass is 215 g/mol. The van der Waals surface area contributed by atoms with Crippen molar-refractivity contribution < 1.29 is 5.11 Å². The Hall–Kier alpha value is -0.410. The molecule has 0 radical (unpaired) electrons. The quantitative estimate of drug-likeness (QED) is 0.769. The summed E-state index contributed by atoms with van der Waals surface area (Å²) in [7, 11) is 0. The Morgan fingerprint density at radius 1 is 1.64 bits per heavy atom. The van der Waals surface area contributed by atoms with E-state index >= 15 is 0 Å². The van der Waals surface area contributed by atoms with E-state index in [1.54, 1.807) is 0 Å². The van der Waals surface area contributed by atoms with Crippen LogP contribution in [0.4, 0.5) is 0 Å². The summed E-state index contributed by atoms with van der Waals surface area (Å²) in [6, 6.07) is 5.52. The van der Waals surface area contributed by atoms with Crippen molar-refractivity contribution in [2.24, 2.45) is 0 Å². The fraction of sp³-hybridized carbons (Fsp3) is 0.375. The fourth-order valence-corrected chi connectivity index (χ4v) is 1.18. The third-order valence-electron chi connectivity index (χ3n) is 1.46. The van der Waals surface area contributed by atoms with Gasteiger partial charge in [-0.2, -0.15) is 0 Å². The van der Waals surface area contributed by atoms with Gasteiger partial charge in [-0.1, -0.05) is 13.0 Å². The zero-order valence-electron chi connectivity index (χ0n) is 6.29. The van der Waals surface area contributed by atoms with Crippen molar-refractivity contribution >= 4 is 15.9 Å². The molecule has 0 spiro atoms. The Balaban J connectivity index is 2.86. The van der Waals surface area contributed by atoms with Gasteiger partial charge in [-0.25, -0.2) is 4.98 Å². The minimum atomic E-state index is -0.438. The molecule has 0 aliphatic carbocycles. The van der Waals surface area contributed by atoms with Crippen LogP contribution in [0.2, 0.25) is 0 Å². The molecular weight excluding hydrogens is 206 g/mol. The maximum absolute atomic E-state index is 9.37. The number of halogens is 1. The summed E-state index contributed by atoms with van der Waals surface area (Å²) in [5.41, 5.74) is 0.724. The summed E-state index contributed by atoms with van der Waals surface area (Å²) in [5, 5.41) is 9.37. The lowest BCUT2D eigenvalue weighted by atomic mass is 10.2. The minimum Gasteiger partial charge on any atom is -0.387 e. The minimum absolute atomic E-state index is 0.438. The molecular formula is C8H10BrNO. The highest BCUT2D eigenvalue weighted by Gasteiger charge is 2.04. The number of aromatic nitrogens is 1. The standard InChI is InChI=1S/C8H10BrNO/c1-2-7(11)6-4-3-5-8(9)10-6/h3-5,7,11H,2H2,1H3/t7-/m1/s1. The van der Waals surface area contributed by atoms with Crippen LogP contribution in [0.1, 0.15) is 25.1 Å². The van der Waals surface area contributed by atoms with Crippen LogP contribution >= 0.6 is 15.9 Å². The molecule has 0 aliphatic rings. The molecule has 0 saturated carbocycles. The van der Waals surface area contributed by atoms with Gasteiger partial charge in [-0.15, -0.1) is 0 Å². The third kappa shape index (κ3) is 2.27. The number of hydrogen-bond donors (Lipinski definition) is 1. The molecule has 1 atom stereocenters. The second-order valence-corrected chi connectivity index (χ2v) is 3.12. The number of pyridine rings is 1. The SMILES string of the molecule is CC[C@@H](O)c1cccc(Br)n1. The summed E-state index contributed by atoms with van der Waals surface area (Å²) in [4.78, 5) is 4.11. The summed E-state index contributed by atoms with van der Waals surface area (Å²) in [5.74, 6) is 0. The lowest BCUT2D eigenvalue weighted by Gasteiger charge is -2.05. The molecule has 11 heavy (non-hydrogen) atoms. The van der Waals surface area contributed by atoms with E-state index in [-0.39, 0.29) is 0 Å². The van der Waals surface area contributed by atoms with Crippen LogP contribution < -0.4 is 0 Å². The molecule has 3 heteroatoms. The number of rotatable bonds is 2. The molecule has 1 heterocycles. The van der Waals surface area contributed by atoms with Gasteiger partial charge in [0, 0.05) is 0 Å². The molecule has 2 nitrogen and oxygen atoms in total. The normalized spacial score (nSPS) is 13.0. The van der Waals surface area contributed by atoms with Gasteiger partial charge in [-0.3, -0.25) is 0 Å². The van der Waals surface area contributed by atoms with E-state index in [1.165, 1.54) is 0 Å². The van der Waals surface area contributed by atoms with Gasteiger partial charge in [-0.05, 0) is 34.5 Å². The van der Waals surface area contributed by atoms with E-state index in [9.17, 15) is 5.11 Å². The largest absolute Gasteiger partial charge is 0.387 e. The van der Waals surface area contributed by atoms with Crippen molar-refractivity contribution in [3.8, 4) is 0 Å². The van der Waals surface area contributed by atoms with E-state index < -0.39 is 6.10 Å². The number of aliphatic hydroxyl groups excluding tert-OH is 1. The fourth-order valence-electron chi connectivity index (χ4n) is 0.819. The maximum atomic E-state index is 9.37. The topological polar surface area (TPSA) is 33.1 Å². The molecule has 1 aromatic heterocycles. The highest BCUT2D eigenvalue weighted by atomic mass is 79.9. The first kappa shape index (κ1) is 8.68. The molecule has 0 bridgehead atoms. The first-order valence-electron chi connectivity index (χ1n) is 3.54. The van der Waals surface area contributed by atoms with Crippen LogP contribution in [0, 0.1) is 0 Å². The van der Waals surface area contributed by atoms with Gasteiger partial charge in [0.25, 0.3) is 0 Å². The van der Waals surface area contributed by atoms with Gasteiger partial charge >= 0.3 is 0 Å². The van der Waals surface area contributed by atoms with Crippen molar-refractivity contribution in [3.05, 3.63) is 28.5 Å². The van der Waals surface area contributed by atoms with Gasteiger partial charge in [0.1, 0.15) is 4.60 Å². The molecule has 0 aliphatic heterocycles. The average molecular weight is 216 g/mol. The van der Waals surface area contributed by atoms with Crippen molar-refractivity contribution in [2.45, 2.75) is 19.4 Å².